The fraction of sp³-hybridized carbons (Fsp3) is 0.500. The number of amides is 1. The van der Waals surface area contributed by atoms with E-state index < -0.39 is 11.9 Å². The average molecular weight is 545 g/mol. The number of halogens is 1. The Morgan fingerprint density at radius 1 is 0.921 bits per heavy atom. The number of benzene rings is 1. The van der Waals surface area contributed by atoms with Gasteiger partial charge in [-0.25, -0.2) is 0 Å². The molecule has 4 heterocycles. The fourth-order valence-electron chi connectivity index (χ4n) is 5.28. The maximum absolute atomic E-state index is 12.5. The van der Waals surface area contributed by atoms with Gasteiger partial charge in [0.25, 0.3) is 0 Å². The molecular weight excluding hydrogens is 508 g/mol. The fourth-order valence-corrected chi connectivity index (χ4v) is 5.28. The number of para-hydroxylation sites is 1. The topological polar surface area (TPSA) is 220 Å². The number of aromatic nitrogens is 4. The summed E-state index contributed by atoms with van der Waals surface area (Å²) >= 11 is 0. The molecule has 3 aromatic rings. The van der Waals surface area contributed by atoms with E-state index in [0.29, 0.717) is 44.5 Å². The minimum atomic E-state index is -0.751. The number of carbonyl (C=O) groups excluding carboxylic acids is 1. The van der Waals surface area contributed by atoms with Crippen molar-refractivity contribution in [1.82, 2.24) is 19.9 Å². The van der Waals surface area contributed by atoms with Gasteiger partial charge in [-0.2, -0.15) is 15.0 Å². The second kappa shape index (κ2) is 11.7. The third kappa shape index (κ3) is 6.25. The Kier molecular flexibility index (Phi) is 8.53. The molecule has 0 spiro atoms. The minimum Gasteiger partial charge on any atom is -0.368 e. The number of piperidine rings is 2. The number of hydrogen-bond donors (Lipinski definition) is 7. The normalized spacial score (nSPS) is 24.6. The number of nitrogens with one attached hydrogen (secondary N) is 2. The number of carbonyl (C=O) groups is 1. The van der Waals surface area contributed by atoms with Crippen LogP contribution >= 0.6 is 12.4 Å². The van der Waals surface area contributed by atoms with E-state index in [9.17, 15) is 4.79 Å². The molecule has 5 atom stereocenters. The van der Waals surface area contributed by atoms with Crippen LogP contribution in [0.25, 0.3) is 10.9 Å². The maximum Gasteiger partial charge on any atom is 0.240 e. The predicted molar refractivity (Wildman–Crippen MR) is 151 cm³/mol. The van der Waals surface area contributed by atoms with E-state index in [2.05, 4.69) is 20.3 Å². The second-order valence-electron chi connectivity index (χ2n) is 10.2. The van der Waals surface area contributed by atoms with Crippen LogP contribution in [0.2, 0.25) is 0 Å². The number of primary amides is 1. The van der Waals surface area contributed by atoms with E-state index in [1.165, 1.54) is 0 Å². The lowest BCUT2D eigenvalue weighted by atomic mass is 10.0. The van der Waals surface area contributed by atoms with Gasteiger partial charge >= 0.3 is 0 Å². The Hall–Kier alpha value is -3.23. The SMILES string of the molecule is Cl.NC(=O)C(Cc1c[nH]c2ccccc12)Nc1nc(N2C[C@H](N)C[C@H](N)C2)nc(N2C[C@H](N)C[C@H](N)C2)n1. The zero-order valence-corrected chi connectivity index (χ0v) is 22.0. The third-order valence-electron chi connectivity index (χ3n) is 6.95. The molecule has 12 N–H and O–H groups in total. The van der Waals surface area contributed by atoms with E-state index in [-0.39, 0.29) is 42.5 Å². The molecule has 1 aromatic carbocycles. The quantitative estimate of drug-likeness (QED) is 0.191. The number of nitrogens with two attached hydrogens (primary N) is 5. The predicted octanol–water partition coefficient (Wildman–Crippen LogP) is -0.987. The first kappa shape index (κ1) is 27.8. The van der Waals surface area contributed by atoms with Gasteiger partial charge in [0.1, 0.15) is 6.04 Å². The summed E-state index contributed by atoms with van der Waals surface area (Å²) < 4.78 is 0. The van der Waals surface area contributed by atoms with Crippen LogP contribution in [0.1, 0.15) is 18.4 Å². The van der Waals surface area contributed by atoms with Gasteiger partial charge in [0.2, 0.25) is 23.8 Å². The number of hydrogen-bond acceptors (Lipinski definition) is 11. The van der Waals surface area contributed by atoms with Crippen molar-refractivity contribution in [1.29, 1.82) is 0 Å². The molecule has 0 radical (unpaired) electrons. The highest BCUT2D eigenvalue weighted by Crippen LogP contribution is 2.24. The highest BCUT2D eigenvalue weighted by atomic mass is 35.5. The van der Waals surface area contributed by atoms with Crippen LogP contribution in [-0.2, 0) is 11.2 Å². The largest absolute Gasteiger partial charge is 0.368 e. The van der Waals surface area contributed by atoms with Gasteiger partial charge in [0.05, 0.1) is 0 Å². The van der Waals surface area contributed by atoms with Crippen molar-refractivity contribution < 1.29 is 4.79 Å². The lowest BCUT2D eigenvalue weighted by Gasteiger charge is -2.37. The first-order valence-electron chi connectivity index (χ1n) is 12.6. The Labute approximate surface area is 227 Å². The molecule has 14 heteroatoms. The monoisotopic (exact) mass is 544 g/mol. The van der Waals surface area contributed by atoms with Gasteiger partial charge in [0, 0.05) is 73.9 Å². The number of rotatable bonds is 7. The first-order chi connectivity index (χ1) is 17.7. The molecule has 0 bridgehead atoms. The summed E-state index contributed by atoms with van der Waals surface area (Å²) in [5.41, 5.74) is 32.7. The van der Waals surface area contributed by atoms with Gasteiger partial charge in [-0.05, 0) is 24.5 Å². The van der Waals surface area contributed by atoms with Crippen molar-refractivity contribution in [3.63, 3.8) is 0 Å². The molecule has 2 aliphatic rings. The lowest BCUT2D eigenvalue weighted by molar-refractivity contribution is -0.118. The van der Waals surface area contributed by atoms with Crippen molar-refractivity contribution in [2.75, 3.05) is 41.3 Å². The van der Waals surface area contributed by atoms with E-state index in [4.69, 9.17) is 33.7 Å². The zero-order chi connectivity index (χ0) is 26.1. The highest BCUT2D eigenvalue weighted by Gasteiger charge is 2.29. The highest BCUT2D eigenvalue weighted by molar-refractivity contribution is 5.86. The molecule has 38 heavy (non-hydrogen) atoms. The van der Waals surface area contributed by atoms with Crippen LogP contribution in [0.3, 0.4) is 0 Å². The van der Waals surface area contributed by atoms with Gasteiger partial charge < -0.3 is 48.8 Å². The summed E-state index contributed by atoms with van der Waals surface area (Å²) in [5.74, 6) is 0.587. The summed E-state index contributed by atoms with van der Waals surface area (Å²) in [6.07, 6.45) is 3.70. The molecule has 2 fully saturated rings. The van der Waals surface area contributed by atoms with Crippen LogP contribution in [-0.4, -0.2) is 82.2 Å². The van der Waals surface area contributed by atoms with Crippen LogP contribution in [0.15, 0.2) is 30.5 Å². The number of fused-ring (bicyclic) bond motifs is 1. The summed E-state index contributed by atoms with van der Waals surface area (Å²) in [6, 6.07) is 6.75. The Balaban J connectivity index is 0.00000336. The molecule has 2 aliphatic heterocycles. The molecule has 1 unspecified atom stereocenters. The average Bonchev–Trinajstić information content (AvgIpc) is 3.25. The maximum atomic E-state index is 12.5. The summed E-state index contributed by atoms with van der Waals surface area (Å²) in [5, 5.41) is 4.18. The molecule has 2 saturated heterocycles. The van der Waals surface area contributed by atoms with Crippen LogP contribution in [0.5, 0.6) is 0 Å². The van der Waals surface area contributed by atoms with Gasteiger partial charge in [-0.15, -0.1) is 12.4 Å². The molecule has 1 amide bonds. The van der Waals surface area contributed by atoms with Crippen molar-refractivity contribution in [3.05, 3.63) is 36.0 Å². The molecular formula is C24H37ClN12O. The summed E-state index contributed by atoms with van der Waals surface area (Å²) in [6.45, 7) is 2.24. The van der Waals surface area contributed by atoms with Crippen molar-refractivity contribution >= 4 is 47.1 Å². The standard InChI is InChI=1S/C24H36N12O.ClH/c25-14-6-15(26)10-35(9-14)23-32-22(33-24(34-23)36-11-16(27)7-17(28)12-36)31-20(21(29)37)5-13-8-30-19-4-2-1-3-18(13)19;/h1-4,8,14-17,20,30H,5-7,9-12,25-28H2,(H2,29,37)(H,31,32,33,34);1H/t14-,15+,16-,17+,20?;. The molecule has 0 aliphatic carbocycles. The van der Waals surface area contributed by atoms with Crippen molar-refractivity contribution in [3.8, 4) is 0 Å². The van der Waals surface area contributed by atoms with E-state index in [1.807, 2.05) is 40.3 Å². The third-order valence-corrected chi connectivity index (χ3v) is 6.95. The molecule has 0 saturated carbocycles. The van der Waals surface area contributed by atoms with E-state index >= 15 is 0 Å². The van der Waals surface area contributed by atoms with Gasteiger partial charge in [0.15, 0.2) is 0 Å². The number of H-pyrrole nitrogens is 1. The molecule has 206 valence electrons. The van der Waals surface area contributed by atoms with Gasteiger partial charge in [-0.1, -0.05) is 18.2 Å². The Bertz CT molecular complexity index is 1190. The number of anilines is 3. The van der Waals surface area contributed by atoms with Crippen LogP contribution in [0, 0.1) is 0 Å². The second-order valence-corrected chi connectivity index (χ2v) is 10.2. The zero-order valence-electron chi connectivity index (χ0n) is 21.2. The van der Waals surface area contributed by atoms with Crippen molar-refractivity contribution in [2.24, 2.45) is 28.7 Å². The molecule has 2 aromatic heterocycles. The number of nitrogens with zero attached hydrogens (tertiary/aromatic N) is 5. The summed E-state index contributed by atoms with van der Waals surface area (Å²) in [4.78, 5) is 33.7. The number of aromatic amines is 1. The Morgan fingerprint density at radius 2 is 1.45 bits per heavy atom. The molecule has 13 nitrogen and oxygen atoms in total. The lowest BCUT2D eigenvalue weighted by Crippen LogP contribution is -2.54. The first-order valence-corrected chi connectivity index (χ1v) is 12.6. The van der Waals surface area contributed by atoms with E-state index in [1.54, 1.807) is 0 Å². The Morgan fingerprint density at radius 3 is 1.97 bits per heavy atom. The van der Waals surface area contributed by atoms with E-state index in [0.717, 1.165) is 29.3 Å². The minimum absolute atomic E-state index is 0. The smallest absolute Gasteiger partial charge is 0.240 e. The van der Waals surface area contributed by atoms with Crippen molar-refractivity contribution in [2.45, 2.75) is 49.5 Å². The molecule has 5 rings (SSSR count). The van der Waals surface area contributed by atoms with Gasteiger partial charge in [-0.3, -0.25) is 4.79 Å². The van der Waals surface area contributed by atoms with Crippen LogP contribution < -0.4 is 43.8 Å². The van der Waals surface area contributed by atoms with Crippen LogP contribution in [0.4, 0.5) is 17.8 Å². The summed E-state index contributed by atoms with van der Waals surface area (Å²) in [7, 11) is 0.